The smallest absolute Gasteiger partial charge is 0.269 e. The normalized spacial score (nSPS) is 10.4. The Bertz CT molecular complexity index is 522. The van der Waals surface area contributed by atoms with Gasteiger partial charge in [0.1, 0.15) is 5.69 Å². The van der Waals surface area contributed by atoms with E-state index >= 15 is 0 Å². The van der Waals surface area contributed by atoms with Crippen molar-refractivity contribution in [2.24, 2.45) is 0 Å². The van der Waals surface area contributed by atoms with E-state index < -0.39 is 0 Å². The number of carbonyl (C=O) groups excluding carboxylic acids is 1. The summed E-state index contributed by atoms with van der Waals surface area (Å²) in [4.78, 5) is 16.0. The standard InChI is InChI=1S/C14H16N2O/c1-2-3-8-15-14(17)13-9-11-6-4-5-7-12(11)10-16-13/h4-7,9-10H,2-3,8H2,1H3,(H,15,17). The van der Waals surface area contributed by atoms with E-state index in [0.29, 0.717) is 12.2 Å². The van der Waals surface area contributed by atoms with Crippen molar-refractivity contribution in [3.63, 3.8) is 0 Å². The lowest BCUT2D eigenvalue weighted by molar-refractivity contribution is 0.0948. The van der Waals surface area contributed by atoms with Crippen LogP contribution in [0.5, 0.6) is 0 Å². The monoisotopic (exact) mass is 228 g/mol. The molecule has 2 aromatic rings. The molecule has 1 N–H and O–H groups in total. The van der Waals surface area contributed by atoms with Gasteiger partial charge in [-0.2, -0.15) is 0 Å². The molecule has 0 fully saturated rings. The van der Waals surface area contributed by atoms with Gasteiger partial charge in [0.05, 0.1) is 0 Å². The first-order valence-corrected chi connectivity index (χ1v) is 5.94. The summed E-state index contributed by atoms with van der Waals surface area (Å²) < 4.78 is 0. The molecule has 0 aliphatic heterocycles. The van der Waals surface area contributed by atoms with Gasteiger partial charge in [-0.05, 0) is 17.9 Å². The topological polar surface area (TPSA) is 42.0 Å². The summed E-state index contributed by atoms with van der Waals surface area (Å²) in [7, 11) is 0. The van der Waals surface area contributed by atoms with E-state index in [1.807, 2.05) is 30.3 Å². The van der Waals surface area contributed by atoms with Crippen LogP contribution in [0.1, 0.15) is 30.3 Å². The lowest BCUT2D eigenvalue weighted by atomic mass is 10.1. The van der Waals surface area contributed by atoms with Crippen molar-refractivity contribution in [1.29, 1.82) is 0 Å². The van der Waals surface area contributed by atoms with Crippen LogP contribution in [0.4, 0.5) is 0 Å². The second-order valence-corrected chi connectivity index (χ2v) is 4.03. The molecule has 0 saturated heterocycles. The Hall–Kier alpha value is -1.90. The van der Waals surface area contributed by atoms with E-state index in [1.165, 1.54) is 0 Å². The van der Waals surface area contributed by atoms with Gasteiger partial charge in [-0.15, -0.1) is 0 Å². The molecule has 0 aliphatic rings. The molecule has 0 atom stereocenters. The Morgan fingerprint density at radius 3 is 2.82 bits per heavy atom. The van der Waals surface area contributed by atoms with Crippen molar-refractivity contribution in [1.82, 2.24) is 10.3 Å². The number of aromatic nitrogens is 1. The second-order valence-electron chi connectivity index (χ2n) is 4.03. The first-order valence-electron chi connectivity index (χ1n) is 5.94. The van der Waals surface area contributed by atoms with Crippen LogP contribution in [0.2, 0.25) is 0 Å². The number of nitrogens with one attached hydrogen (secondary N) is 1. The fourth-order valence-corrected chi connectivity index (χ4v) is 1.68. The predicted octanol–water partition coefficient (Wildman–Crippen LogP) is 2.76. The summed E-state index contributed by atoms with van der Waals surface area (Å²) in [5, 5.41) is 4.96. The van der Waals surface area contributed by atoms with E-state index in [4.69, 9.17) is 0 Å². The average molecular weight is 228 g/mol. The molecular formula is C14H16N2O. The summed E-state index contributed by atoms with van der Waals surface area (Å²) in [6.07, 6.45) is 3.81. The highest BCUT2D eigenvalue weighted by Crippen LogP contribution is 2.13. The van der Waals surface area contributed by atoms with Crippen molar-refractivity contribution < 1.29 is 4.79 Å². The number of amides is 1. The molecule has 2 rings (SSSR count). The van der Waals surface area contributed by atoms with E-state index in [-0.39, 0.29) is 5.91 Å². The number of pyridine rings is 1. The van der Waals surface area contributed by atoms with Crippen molar-refractivity contribution in [2.45, 2.75) is 19.8 Å². The van der Waals surface area contributed by atoms with Gasteiger partial charge in [-0.3, -0.25) is 9.78 Å². The predicted molar refractivity (Wildman–Crippen MR) is 69.0 cm³/mol. The Morgan fingerprint density at radius 2 is 2.06 bits per heavy atom. The number of unbranched alkanes of at least 4 members (excludes halogenated alkanes) is 1. The highest BCUT2D eigenvalue weighted by molar-refractivity contribution is 5.96. The molecular weight excluding hydrogens is 212 g/mol. The number of rotatable bonds is 4. The number of hydrogen-bond acceptors (Lipinski definition) is 2. The Balaban J connectivity index is 2.15. The zero-order chi connectivity index (χ0) is 12.1. The minimum Gasteiger partial charge on any atom is -0.351 e. The maximum absolute atomic E-state index is 11.8. The van der Waals surface area contributed by atoms with E-state index in [9.17, 15) is 4.79 Å². The van der Waals surface area contributed by atoms with Gasteiger partial charge in [0, 0.05) is 18.1 Å². The van der Waals surface area contributed by atoms with Gasteiger partial charge >= 0.3 is 0 Å². The van der Waals surface area contributed by atoms with E-state index in [0.717, 1.165) is 23.6 Å². The van der Waals surface area contributed by atoms with Gasteiger partial charge in [-0.25, -0.2) is 0 Å². The van der Waals surface area contributed by atoms with Gasteiger partial charge in [0.2, 0.25) is 0 Å². The molecule has 0 aliphatic carbocycles. The average Bonchev–Trinajstić information content (AvgIpc) is 2.38. The SMILES string of the molecule is CCCCNC(=O)c1cc2ccccc2cn1. The number of hydrogen-bond donors (Lipinski definition) is 1. The summed E-state index contributed by atoms with van der Waals surface area (Å²) in [6.45, 7) is 2.81. The molecule has 1 amide bonds. The Kier molecular flexibility index (Phi) is 3.70. The van der Waals surface area contributed by atoms with Crippen molar-refractivity contribution in [2.75, 3.05) is 6.54 Å². The van der Waals surface area contributed by atoms with Gasteiger partial charge < -0.3 is 5.32 Å². The number of benzene rings is 1. The van der Waals surface area contributed by atoms with E-state index in [1.54, 1.807) is 6.20 Å². The lowest BCUT2D eigenvalue weighted by Gasteiger charge is -2.04. The maximum Gasteiger partial charge on any atom is 0.269 e. The summed E-state index contributed by atoms with van der Waals surface area (Å²) in [6, 6.07) is 9.73. The second kappa shape index (κ2) is 5.43. The van der Waals surface area contributed by atoms with Crippen molar-refractivity contribution in [3.8, 4) is 0 Å². The van der Waals surface area contributed by atoms with Crippen LogP contribution in [-0.4, -0.2) is 17.4 Å². The number of carbonyl (C=O) groups is 1. The van der Waals surface area contributed by atoms with Crippen LogP contribution >= 0.6 is 0 Å². The highest BCUT2D eigenvalue weighted by atomic mass is 16.1. The van der Waals surface area contributed by atoms with E-state index in [2.05, 4.69) is 17.2 Å². The van der Waals surface area contributed by atoms with Crippen molar-refractivity contribution in [3.05, 3.63) is 42.2 Å². The Morgan fingerprint density at radius 1 is 1.29 bits per heavy atom. The largest absolute Gasteiger partial charge is 0.351 e. The molecule has 1 heterocycles. The summed E-state index contributed by atoms with van der Waals surface area (Å²) >= 11 is 0. The molecule has 1 aromatic carbocycles. The number of nitrogens with zero attached hydrogens (tertiary/aromatic N) is 1. The first kappa shape index (κ1) is 11.6. The number of fused-ring (bicyclic) bond motifs is 1. The molecule has 0 spiro atoms. The van der Waals surface area contributed by atoms with Crippen LogP contribution in [0, 0.1) is 0 Å². The molecule has 0 bridgehead atoms. The zero-order valence-electron chi connectivity index (χ0n) is 9.94. The first-order chi connectivity index (χ1) is 8.31. The van der Waals surface area contributed by atoms with Crippen LogP contribution in [0.3, 0.4) is 0 Å². The van der Waals surface area contributed by atoms with Crippen LogP contribution in [0.25, 0.3) is 10.8 Å². The molecule has 0 saturated carbocycles. The lowest BCUT2D eigenvalue weighted by Crippen LogP contribution is -2.25. The van der Waals surface area contributed by atoms with Gasteiger partial charge in [-0.1, -0.05) is 37.6 Å². The minimum absolute atomic E-state index is 0.0933. The summed E-state index contributed by atoms with van der Waals surface area (Å²) in [5.41, 5.74) is 0.486. The van der Waals surface area contributed by atoms with Crippen LogP contribution in [0.15, 0.2) is 36.5 Å². The fraction of sp³-hybridized carbons (Fsp3) is 0.286. The van der Waals surface area contributed by atoms with Gasteiger partial charge in [0.15, 0.2) is 0 Å². The molecule has 1 aromatic heterocycles. The third kappa shape index (κ3) is 2.81. The van der Waals surface area contributed by atoms with Crippen LogP contribution in [-0.2, 0) is 0 Å². The third-order valence-corrected chi connectivity index (χ3v) is 2.68. The quantitative estimate of drug-likeness (QED) is 0.817. The maximum atomic E-state index is 11.8. The van der Waals surface area contributed by atoms with Gasteiger partial charge in [0.25, 0.3) is 5.91 Å². The molecule has 0 radical (unpaired) electrons. The molecule has 17 heavy (non-hydrogen) atoms. The molecule has 3 nitrogen and oxygen atoms in total. The van der Waals surface area contributed by atoms with Crippen LogP contribution < -0.4 is 5.32 Å². The van der Waals surface area contributed by atoms with Crippen molar-refractivity contribution >= 4 is 16.7 Å². The highest BCUT2D eigenvalue weighted by Gasteiger charge is 2.06. The molecule has 3 heteroatoms. The molecule has 0 unspecified atom stereocenters. The molecule has 88 valence electrons. The fourth-order valence-electron chi connectivity index (χ4n) is 1.68. The summed E-state index contributed by atoms with van der Waals surface area (Å²) in [5.74, 6) is -0.0933. The third-order valence-electron chi connectivity index (χ3n) is 2.68. The zero-order valence-corrected chi connectivity index (χ0v) is 9.94. The Labute approximate surface area is 101 Å². The minimum atomic E-state index is -0.0933.